The second-order valence-electron chi connectivity index (χ2n) is 6.06. The smallest absolute Gasteiger partial charge is 0.166 e. The van der Waals surface area contributed by atoms with E-state index >= 15 is 0 Å². The summed E-state index contributed by atoms with van der Waals surface area (Å²) >= 11 is 0. The van der Waals surface area contributed by atoms with E-state index in [-0.39, 0.29) is 17.9 Å². The van der Waals surface area contributed by atoms with E-state index in [1.807, 2.05) is 0 Å². The van der Waals surface area contributed by atoms with Crippen LogP contribution >= 0.6 is 0 Å². The molecule has 0 aliphatic rings. The van der Waals surface area contributed by atoms with Crippen molar-refractivity contribution in [3.8, 4) is 11.5 Å². The van der Waals surface area contributed by atoms with Crippen molar-refractivity contribution in [3.05, 3.63) is 23.8 Å². The van der Waals surface area contributed by atoms with Crippen molar-refractivity contribution >= 4 is 10.1 Å². The van der Waals surface area contributed by atoms with Crippen LogP contribution in [-0.2, 0) is 26.1 Å². The van der Waals surface area contributed by atoms with Crippen LogP contribution in [0.4, 0.5) is 0 Å². The molecule has 0 spiro atoms. The Bertz CT molecular complexity index is 625. The first-order chi connectivity index (χ1) is 11.7. The quantitative estimate of drug-likeness (QED) is 0.312. The van der Waals surface area contributed by atoms with Gasteiger partial charge >= 0.3 is 0 Å². The van der Waals surface area contributed by atoms with Crippen molar-refractivity contribution < 1.29 is 37.1 Å². The van der Waals surface area contributed by atoms with Crippen LogP contribution in [0.25, 0.3) is 0 Å². The standard InChI is InChI=1S/C16H27NO7S/c1-23-10-8-17(9-11-24-2,7-4-12-25(20,21)22)13-14-5-3-6-15(18)16(14)19/h3,5-6H,4,7-13H2,1-2H3,(H2-,18,19,20,21,22). The number of methoxy groups -OCH3 is 2. The second-order valence-corrected chi connectivity index (χ2v) is 7.58. The number of para-hydroxylation sites is 1. The number of hydrogen-bond acceptors (Lipinski definition) is 7. The van der Waals surface area contributed by atoms with Crippen LogP contribution in [0, 0.1) is 0 Å². The lowest BCUT2D eigenvalue weighted by atomic mass is 10.1. The molecule has 0 aliphatic carbocycles. The monoisotopic (exact) mass is 377 g/mol. The average Bonchev–Trinajstić information content (AvgIpc) is 2.54. The van der Waals surface area contributed by atoms with E-state index in [1.54, 1.807) is 26.4 Å². The Morgan fingerprint density at radius 2 is 1.68 bits per heavy atom. The average molecular weight is 377 g/mol. The van der Waals surface area contributed by atoms with Crippen LogP contribution in [0.15, 0.2) is 18.2 Å². The summed E-state index contributed by atoms with van der Waals surface area (Å²) in [5.41, 5.74) is 0.539. The van der Waals surface area contributed by atoms with Gasteiger partial charge in [0.25, 0.3) is 0 Å². The lowest BCUT2D eigenvalue weighted by Crippen LogP contribution is -2.52. The fraction of sp³-hybridized carbons (Fsp3) is 0.625. The largest absolute Gasteiger partial charge is 0.748 e. The molecule has 25 heavy (non-hydrogen) atoms. The highest BCUT2D eigenvalue weighted by Crippen LogP contribution is 2.31. The molecule has 0 saturated carbocycles. The summed E-state index contributed by atoms with van der Waals surface area (Å²) in [6.45, 7) is 2.71. The first-order valence-corrected chi connectivity index (χ1v) is 9.57. The Morgan fingerprint density at radius 3 is 2.20 bits per heavy atom. The SMILES string of the molecule is COCC[N+](CCCS(=O)(=O)[O-])(CCOC)Cc1cccc(O)c1O. The summed E-state index contributed by atoms with van der Waals surface area (Å²) in [7, 11) is -1.15. The number of benzene rings is 1. The van der Waals surface area contributed by atoms with Crippen LogP contribution in [0.1, 0.15) is 12.0 Å². The predicted octanol–water partition coefficient (Wildman–Crippen LogP) is 0.643. The molecule has 2 N–H and O–H groups in total. The van der Waals surface area contributed by atoms with Gasteiger partial charge in [-0.1, -0.05) is 6.07 Å². The van der Waals surface area contributed by atoms with Gasteiger partial charge in [0.1, 0.15) is 19.6 Å². The minimum Gasteiger partial charge on any atom is -0.748 e. The van der Waals surface area contributed by atoms with Crippen LogP contribution in [0.2, 0.25) is 0 Å². The Hall–Kier alpha value is -1.39. The summed E-state index contributed by atoms with van der Waals surface area (Å²) in [5, 5.41) is 19.8. The number of phenolic OH excluding ortho intramolecular Hbond substituents is 2. The van der Waals surface area contributed by atoms with Crippen molar-refractivity contribution in [3.63, 3.8) is 0 Å². The van der Waals surface area contributed by atoms with E-state index in [2.05, 4.69) is 0 Å². The molecule has 0 heterocycles. The molecule has 144 valence electrons. The normalized spacial score (nSPS) is 12.4. The highest BCUT2D eigenvalue weighted by molar-refractivity contribution is 7.85. The highest BCUT2D eigenvalue weighted by atomic mass is 32.2. The van der Waals surface area contributed by atoms with Gasteiger partial charge in [-0.3, -0.25) is 0 Å². The van der Waals surface area contributed by atoms with Crippen LogP contribution in [0.5, 0.6) is 11.5 Å². The van der Waals surface area contributed by atoms with E-state index in [4.69, 9.17) is 9.47 Å². The van der Waals surface area contributed by atoms with Crippen LogP contribution in [-0.4, -0.2) is 80.5 Å². The number of rotatable bonds is 12. The summed E-state index contributed by atoms with van der Waals surface area (Å²) in [5.74, 6) is -0.855. The first kappa shape index (κ1) is 21.7. The maximum atomic E-state index is 10.9. The number of hydrogen-bond donors (Lipinski definition) is 2. The molecule has 1 aromatic carbocycles. The van der Waals surface area contributed by atoms with E-state index in [0.29, 0.717) is 49.4 Å². The van der Waals surface area contributed by atoms with Crippen molar-refractivity contribution in [1.82, 2.24) is 0 Å². The Kier molecular flexibility index (Phi) is 8.60. The number of phenols is 2. The molecule has 0 radical (unpaired) electrons. The van der Waals surface area contributed by atoms with Gasteiger partial charge in [-0.25, -0.2) is 8.42 Å². The van der Waals surface area contributed by atoms with Gasteiger partial charge < -0.3 is 28.7 Å². The van der Waals surface area contributed by atoms with E-state index in [0.717, 1.165) is 0 Å². The van der Waals surface area contributed by atoms with E-state index in [1.165, 1.54) is 6.07 Å². The molecule has 0 unspecified atom stereocenters. The Balaban J connectivity index is 3.05. The lowest BCUT2D eigenvalue weighted by molar-refractivity contribution is -0.941. The minimum atomic E-state index is -4.29. The summed E-state index contributed by atoms with van der Waals surface area (Å²) in [6, 6.07) is 4.72. The third-order valence-corrected chi connectivity index (χ3v) is 4.96. The maximum Gasteiger partial charge on any atom is 0.166 e. The third kappa shape index (κ3) is 7.57. The molecule has 1 rings (SSSR count). The van der Waals surface area contributed by atoms with E-state index < -0.39 is 15.9 Å². The topological polar surface area (TPSA) is 116 Å². The van der Waals surface area contributed by atoms with Gasteiger partial charge in [-0.2, -0.15) is 0 Å². The van der Waals surface area contributed by atoms with Gasteiger partial charge in [-0.05, 0) is 12.1 Å². The molecule has 9 heteroatoms. The van der Waals surface area contributed by atoms with Crippen LogP contribution < -0.4 is 0 Å². The molecule has 0 aliphatic heterocycles. The highest BCUT2D eigenvalue weighted by Gasteiger charge is 2.29. The van der Waals surface area contributed by atoms with Crippen molar-refractivity contribution in [1.29, 1.82) is 0 Å². The number of ether oxygens (including phenoxy) is 2. The third-order valence-electron chi connectivity index (χ3n) is 4.17. The number of nitrogens with zero attached hydrogens (tertiary/aromatic N) is 1. The fourth-order valence-electron chi connectivity index (χ4n) is 2.79. The molecule has 1 aromatic rings. The molecule has 0 atom stereocenters. The summed E-state index contributed by atoms with van der Waals surface area (Å²) in [6.07, 6.45) is 0.193. The van der Waals surface area contributed by atoms with E-state index in [9.17, 15) is 23.2 Å². The number of quaternary nitrogens is 1. The molecule has 0 amide bonds. The van der Waals surface area contributed by atoms with Gasteiger partial charge in [0.15, 0.2) is 11.5 Å². The fourth-order valence-corrected chi connectivity index (χ4v) is 3.27. The molecule has 0 saturated heterocycles. The second kappa shape index (κ2) is 9.93. The maximum absolute atomic E-state index is 10.9. The zero-order chi connectivity index (χ0) is 18.9. The van der Waals surface area contributed by atoms with Crippen molar-refractivity contribution in [2.75, 3.05) is 52.8 Å². The molecule has 0 bridgehead atoms. The van der Waals surface area contributed by atoms with Crippen molar-refractivity contribution in [2.45, 2.75) is 13.0 Å². The Morgan fingerprint density at radius 1 is 1.08 bits per heavy atom. The van der Waals surface area contributed by atoms with Gasteiger partial charge in [0, 0.05) is 26.4 Å². The lowest BCUT2D eigenvalue weighted by Gasteiger charge is -2.39. The zero-order valence-electron chi connectivity index (χ0n) is 14.7. The zero-order valence-corrected chi connectivity index (χ0v) is 15.5. The van der Waals surface area contributed by atoms with Crippen LogP contribution in [0.3, 0.4) is 0 Å². The molecule has 0 aromatic heterocycles. The molecular formula is C16H27NO7S. The Labute approximate surface area is 148 Å². The first-order valence-electron chi connectivity index (χ1n) is 7.99. The summed E-state index contributed by atoms with van der Waals surface area (Å²) in [4.78, 5) is 0. The van der Waals surface area contributed by atoms with Gasteiger partial charge in [0.2, 0.25) is 0 Å². The van der Waals surface area contributed by atoms with Crippen molar-refractivity contribution in [2.24, 2.45) is 0 Å². The number of aromatic hydroxyl groups is 2. The predicted molar refractivity (Wildman–Crippen MR) is 91.3 cm³/mol. The summed E-state index contributed by atoms with van der Waals surface area (Å²) < 4.78 is 43.5. The molecular weight excluding hydrogens is 350 g/mol. The van der Waals surface area contributed by atoms with Gasteiger partial charge in [0.05, 0.1) is 35.4 Å². The minimum absolute atomic E-state index is 0.193. The van der Waals surface area contributed by atoms with Gasteiger partial charge in [-0.15, -0.1) is 0 Å². The molecule has 8 nitrogen and oxygen atoms in total. The molecule has 0 fully saturated rings.